The van der Waals surface area contributed by atoms with E-state index in [1.165, 1.54) is 22.9 Å². The van der Waals surface area contributed by atoms with Gasteiger partial charge in [0.05, 0.1) is 6.42 Å². The molecular formula is C18H22N4O3. The molecule has 132 valence electrons. The monoisotopic (exact) mass is 342 g/mol. The largest absolute Gasteiger partial charge is 0.356 e. The molecule has 1 fully saturated rings. The first-order valence-corrected chi connectivity index (χ1v) is 8.34. The second-order valence-corrected chi connectivity index (χ2v) is 6.28. The normalized spacial score (nSPS) is 17.6. The summed E-state index contributed by atoms with van der Waals surface area (Å²) in [5.41, 5.74) is 1.17. The molecule has 2 heterocycles. The van der Waals surface area contributed by atoms with Crippen molar-refractivity contribution in [1.29, 1.82) is 0 Å². The van der Waals surface area contributed by atoms with Crippen molar-refractivity contribution in [2.24, 2.45) is 0 Å². The third kappa shape index (κ3) is 3.35. The van der Waals surface area contributed by atoms with E-state index in [0.717, 1.165) is 17.9 Å². The maximum Gasteiger partial charge on any atom is 0.326 e. The molecule has 0 bridgehead atoms. The van der Waals surface area contributed by atoms with Crippen molar-refractivity contribution in [2.45, 2.75) is 25.4 Å². The van der Waals surface area contributed by atoms with Crippen molar-refractivity contribution in [3.8, 4) is 0 Å². The molecule has 1 saturated heterocycles. The first kappa shape index (κ1) is 17.0. The molecule has 0 aliphatic carbocycles. The number of likely N-dealkylation sites (N-methyl/N-ethyl adjacent to an activating group) is 2. The standard InChI is InChI=1S/C18H22N4O3/c1-20-15(17(24)21(2)18(20)25)12-16(23)19-9-5-10-22-11-8-13-6-3-4-7-14(13)22/h3-4,6-8,11,15H,5,9-10,12H2,1-2H3,(H,19,23)/t15-/m0/s1. The van der Waals surface area contributed by atoms with Gasteiger partial charge in [0.2, 0.25) is 5.91 Å². The molecule has 1 N–H and O–H groups in total. The minimum Gasteiger partial charge on any atom is -0.356 e. The number of nitrogens with one attached hydrogen (secondary N) is 1. The van der Waals surface area contributed by atoms with Gasteiger partial charge in [-0.25, -0.2) is 4.79 Å². The number of aryl methyl sites for hydroxylation is 1. The lowest BCUT2D eigenvalue weighted by molar-refractivity contribution is -0.131. The van der Waals surface area contributed by atoms with E-state index in [1.54, 1.807) is 7.05 Å². The van der Waals surface area contributed by atoms with Crippen molar-refractivity contribution in [3.63, 3.8) is 0 Å². The number of amides is 4. The Morgan fingerprint density at radius 2 is 1.92 bits per heavy atom. The number of imide groups is 1. The van der Waals surface area contributed by atoms with Crippen molar-refractivity contribution in [2.75, 3.05) is 20.6 Å². The lowest BCUT2D eigenvalue weighted by atomic mass is 10.2. The molecule has 25 heavy (non-hydrogen) atoms. The van der Waals surface area contributed by atoms with E-state index in [4.69, 9.17) is 0 Å². The molecule has 7 nitrogen and oxygen atoms in total. The Balaban J connectivity index is 1.45. The zero-order chi connectivity index (χ0) is 18.0. The fourth-order valence-corrected chi connectivity index (χ4v) is 3.14. The van der Waals surface area contributed by atoms with Crippen LogP contribution in [0, 0.1) is 0 Å². The van der Waals surface area contributed by atoms with Gasteiger partial charge in [-0.15, -0.1) is 0 Å². The lowest BCUT2D eigenvalue weighted by Gasteiger charge is -2.15. The molecule has 0 saturated carbocycles. The summed E-state index contributed by atoms with van der Waals surface area (Å²) in [5, 5.41) is 4.03. The van der Waals surface area contributed by atoms with Crippen LogP contribution in [0.5, 0.6) is 0 Å². The predicted molar refractivity (Wildman–Crippen MR) is 93.9 cm³/mol. The van der Waals surface area contributed by atoms with Crippen LogP contribution in [0.15, 0.2) is 36.5 Å². The van der Waals surface area contributed by atoms with Crippen LogP contribution in [0.2, 0.25) is 0 Å². The van der Waals surface area contributed by atoms with Gasteiger partial charge in [-0.3, -0.25) is 14.5 Å². The van der Waals surface area contributed by atoms with Crippen LogP contribution in [0.3, 0.4) is 0 Å². The number of fused-ring (bicyclic) bond motifs is 1. The van der Waals surface area contributed by atoms with Crippen molar-refractivity contribution < 1.29 is 14.4 Å². The predicted octanol–water partition coefficient (Wildman–Crippen LogP) is 1.43. The van der Waals surface area contributed by atoms with Crippen LogP contribution in [0.25, 0.3) is 10.9 Å². The Morgan fingerprint density at radius 1 is 1.16 bits per heavy atom. The summed E-state index contributed by atoms with van der Waals surface area (Å²) in [7, 11) is 2.97. The molecule has 0 unspecified atom stereocenters. The third-order valence-electron chi connectivity index (χ3n) is 4.63. The van der Waals surface area contributed by atoms with E-state index in [2.05, 4.69) is 28.1 Å². The summed E-state index contributed by atoms with van der Waals surface area (Å²) < 4.78 is 2.16. The van der Waals surface area contributed by atoms with Crippen molar-refractivity contribution in [3.05, 3.63) is 36.5 Å². The van der Waals surface area contributed by atoms with E-state index < -0.39 is 6.04 Å². The molecule has 0 radical (unpaired) electrons. The number of rotatable bonds is 6. The summed E-state index contributed by atoms with van der Waals surface area (Å²) in [6, 6.07) is 9.16. The highest BCUT2D eigenvalue weighted by Gasteiger charge is 2.41. The molecule has 1 aliphatic rings. The second-order valence-electron chi connectivity index (χ2n) is 6.28. The molecule has 0 spiro atoms. The minimum atomic E-state index is -0.703. The average Bonchev–Trinajstić information content (AvgIpc) is 3.10. The highest BCUT2D eigenvalue weighted by molar-refractivity contribution is 6.05. The number of hydrogen-bond acceptors (Lipinski definition) is 3. The molecular weight excluding hydrogens is 320 g/mol. The van der Waals surface area contributed by atoms with Crippen LogP contribution in [-0.4, -0.2) is 58.9 Å². The topological polar surface area (TPSA) is 74.7 Å². The number of carbonyl (C=O) groups is 3. The minimum absolute atomic E-state index is 0.00212. The van der Waals surface area contributed by atoms with E-state index in [9.17, 15) is 14.4 Å². The van der Waals surface area contributed by atoms with Gasteiger partial charge in [0.25, 0.3) is 5.91 Å². The average molecular weight is 342 g/mol. The van der Waals surface area contributed by atoms with Crippen LogP contribution in [-0.2, 0) is 16.1 Å². The second kappa shape index (κ2) is 6.96. The maximum absolute atomic E-state index is 12.1. The first-order chi connectivity index (χ1) is 12.0. The summed E-state index contributed by atoms with van der Waals surface area (Å²) >= 11 is 0. The van der Waals surface area contributed by atoms with Gasteiger partial charge in [0, 0.05) is 38.9 Å². The molecule has 1 atom stereocenters. The fourth-order valence-electron chi connectivity index (χ4n) is 3.14. The third-order valence-corrected chi connectivity index (χ3v) is 4.63. The highest BCUT2D eigenvalue weighted by atomic mass is 16.2. The van der Waals surface area contributed by atoms with Gasteiger partial charge >= 0.3 is 6.03 Å². The van der Waals surface area contributed by atoms with Gasteiger partial charge in [0.15, 0.2) is 0 Å². The van der Waals surface area contributed by atoms with Crippen LogP contribution < -0.4 is 5.32 Å². The zero-order valence-electron chi connectivity index (χ0n) is 14.4. The number of benzene rings is 1. The van der Waals surface area contributed by atoms with E-state index in [-0.39, 0.29) is 24.3 Å². The Hall–Kier alpha value is -2.83. The van der Waals surface area contributed by atoms with Crippen molar-refractivity contribution >= 4 is 28.7 Å². The molecule has 3 rings (SSSR count). The van der Waals surface area contributed by atoms with Crippen LogP contribution in [0.1, 0.15) is 12.8 Å². The molecule has 1 aliphatic heterocycles. The van der Waals surface area contributed by atoms with E-state index in [1.807, 2.05) is 18.3 Å². The Kier molecular flexibility index (Phi) is 4.74. The summed E-state index contributed by atoms with van der Waals surface area (Å²) in [4.78, 5) is 38.1. The summed E-state index contributed by atoms with van der Waals surface area (Å²) in [5.74, 6) is -0.549. The number of nitrogens with zero attached hydrogens (tertiary/aromatic N) is 3. The zero-order valence-corrected chi connectivity index (χ0v) is 14.4. The van der Waals surface area contributed by atoms with E-state index in [0.29, 0.717) is 6.54 Å². The van der Waals surface area contributed by atoms with Gasteiger partial charge < -0.3 is 14.8 Å². The van der Waals surface area contributed by atoms with Crippen LogP contribution in [0.4, 0.5) is 4.79 Å². The number of para-hydroxylation sites is 1. The quantitative estimate of drug-likeness (QED) is 0.637. The Labute approximate surface area is 146 Å². The van der Waals surface area contributed by atoms with Gasteiger partial charge in [-0.05, 0) is 23.9 Å². The maximum atomic E-state index is 12.1. The van der Waals surface area contributed by atoms with Crippen molar-refractivity contribution in [1.82, 2.24) is 19.7 Å². The SMILES string of the molecule is CN1C(=O)[C@H](CC(=O)NCCCn2ccc3ccccc32)N(C)C1=O. The van der Waals surface area contributed by atoms with Gasteiger partial charge in [-0.2, -0.15) is 0 Å². The van der Waals surface area contributed by atoms with E-state index >= 15 is 0 Å². The molecule has 4 amide bonds. The summed E-state index contributed by atoms with van der Waals surface area (Å²) in [6.45, 7) is 1.33. The Morgan fingerprint density at radius 3 is 2.64 bits per heavy atom. The fraction of sp³-hybridized carbons (Fsp3) is 0.389. The van der Waals surface area contributed by atoms with Crippen LogP contribution >= 0.6 is 0 Å². The van der Waals surface area contributed by atoms with Gasteiger partial charge in [-0.1, -0.05) is 18.2 Å². The number of carbonyl (C=O) groups excluding carboxylic acids is 3. The highest BCUT2D eigenvalue weighted by Crippen LogP contribution is 2.17. The molecule has 7 heteroatoms. The molecule has 1 aromatic carbocycles. The first-order valence-electron chi connectivity index (χ1n) is 8.34. The lowest BCUT2D eigenvalue weighted by Crippen LogP contribution is -2.37. The summed E-state index contributed by atoms with van der Waals surface area (Å²) in [6.07, 6.45) is 2.83. The molecule has 1 aromatic heterocycles. The molecule has 2 aromatic rings. The Bertz CT molecular complexity index is 814. The number of hydrogen-bond donors (Lipinski definition) is 1. The number of aromatic nitrogens is 1. The van der Waals surface area contributed by atoms with Gasteiger partial charge in [0.1, 0.15) is 6.04 Å². The smallest absolute Gasteiger partial charge is 0.326 e. The number of urea groups is 1.